The van der Waals surface area contributed by atoms with Gasteiger partial charge in [-0.1, -0.05) is 0 Å². The van der Waals surface area contributed by atoms with Gasteiger partial charge in [0.15, 0.2) is 11.5 Å². The Morgan fingerprint density at radius 3 is 2.70 bits per heavy atom. The summed E-state index contributed by atoms with van der Waals surface area (Å²) in [7, 11) is 3.03. The van der Waals surface area contributed by atoms with Crippen LogP contribution in [0.15, 0.2) is 24.3 Å². The Bertz CT molecular complexity index is 785. The molecular weight excluding hydrogens is 300 g/mol. The zero-order valence-corrected chi connectivity index (χ0v) is 12.7. The van der Waals surface area contributed by atoms with E-state index < -0.39 is 0 Å². The highest BCUT2D eigenvalue weighted by Gasteiger charge is 2.45. The van der Waals surface area contributed by atoms with E-state index in [1.54, 1.807) is 25.3 Å². The lowest BCUT2D eigenvalue weighted by Gasteiger charge is -2.28. The highest BCUT2D eigenvalue weighted by atomic mass is 16.5. The number of hydrogen-bond acceptors (Lipinski definition) is 6. The first-order valence-corrected chi connectivity index (χ1v) is 7.24. The molecule has 120 valence electrons. The van der Waals surface area contributed by atoms with E-state index in [0.717, 1.165) is 11.1 Å². The largest absolute Gasteiger partial charge is 0.508 e. The lowest BCUT2D eigenvalue weighted by Crippen LogP contribution is -2.23. The Kier molecular flexibility index (Phi) is 2.94. The van der Waals surface area contributed by atoms with Crippen LogP contribution >= 0.6 is 0 Å². The third-order valence-corrected chi connectivity index (χ3v) is 4.34. The van der Waals surface area contributed by atoms with E-state index in [-0.39, 0.29) is 29.3 Å². The zero-order chi connectivity index (χ0) is 16.1. The number of phenols is 2. The second kappa shape index (κ2) is 4.87. The van der Waals surface area contributed by atoms with Gasteiger partial charge >= 0.3 is 0 Å². The van der Waals surface area contributed by atoms with E-state index in [1.807, 2.05) is 0 Å². The molecule has 0 bridgehead atoms. The van der Waals surface area contributed by atoms with E-state index in [2.05, 4.69) is 0 Å². The minimum atomic E-state index is -0.279. The molecule has 0 fully saturated rings. The maximum atomic E-state index is 10.1. The molecular formula is C17H16O6. The number of ether oxygens (including phenoxy) is 4. The molecule has 2 aliphatic rings. The van der Waals surface area contributed by atoms with Crippen LogP contribution in [-0.2, 0) is 0 Å². The van der Waals surface area contributed by atoms with E-state index in [1.165, 1.54) is 13.2 Å². The molecule has 2 aliphatic heterocycles. The summed E-state index contributed by atoms with van der Waals surface area (Å²) in [6, 6.07) is 6.48. The SMILES string of the molecule is COc1cc(O)c(OC)c2c1C1COc3cc(O)ccc3C1O2. The second-order valence-electron chi connectivity index (χ2n) is 5.55. The summed E-state index contributed by atoms with van der Waals surface area (Å²) in [4.78, 5) is 0. The predicted molar refractivity (Wildman–Crippen MR) is 80.9 cm³/mol. The molecule has 23 heavy (non-hydrogen) atoms. The van der Waals surface area contributed by atoms with Crippen LogP contribution in [0.1, 0.15) is 23.1 Å². The van der Waals surface area contributed by atoms with Gasteiger partial charge in [-0.25, -0.2) is 0 Å². The molecule has 6 nitrogen and oxygen atoms in total. The van der Waals surface area contributed by atoms with Gasteiger partial charge in [0.05, 0.1) is 32.3 Å². The first kappa shape index (κ1) is 13.9. The minimum absolute atomic E-state index is 0.0337. The molecule has 2 N–H and O–H groups in total. The van der Waals surface area contributed by atoms with Crippen LogP contribution < -0.4 is 18.9 Å². The molecule has 2 aromatic rings. The molecule has 2 unspecified atom stereocenters. The number of rotatable bonds is 2. The van der Waals surface area contributed by atoms with Crippen LogP contribution in [0.25, 0.3) is 0 Å². The molecule has 0 saturated carbocycles. The number of benzene rings is 2. The smallest absolute Gasteiger partial charge is 0.203 e. The summed E-state index contributed by atoms with van der Waals surface area (Å²) >= 11 is 0. The van der Waals surface area contributed by atoms with E-state index in [9.17, 15) is 10.2 Å². The number of methoxy groups -OCH3 is 2. The molecule has 0 amide bonds. The maximum absolute atomic E-state index is 10.1. The Hall–Kier alpha value is -2.76. The molecule has 2 aromatic carbocycles. The summed E-state index contributed by atoms with van der Waals surface area (Å²) in [5, 5.41) is 19.7. The lowest BCUT2D eigenvalue weighted by atomic mass is 9.88. The van der Waals surface area contributed by atoms with Crippen molar-refractivity contribution in [3.05, 3.63) is 35.4 Å². The fourth-order valence-electron chi connectivity index (χ4n) is 3.33. The summed E-state index contributed by atoms with van der Waals surface area (Å²) in [5.74, 6) is 1.93. The van der Waals surface area contributed by atoms with Gasteiger partial charge in [0.1, 0.15) is 23.4 Å². The lowest BCUT2D eigenvalue weighted by molar-refractivity contribution is 0.136. The molecule has 0 saturated heterocycles. The van der Waals surface area contributed by atoms with Gasteiger partial charge in [-0.3, -0.25) is 0 Å². The highest BCUT2D eigenvalue weighted by Crippen LogP contribution is 2.59. The highest BCUT2D eigenvalue weighted by molar-refractivity contribution is 5.65. The van der Waals surface area contributed by atoms with Crippen LogP contribution in [0.4, 0.5) is 0 Å². The van der Waals surface area contributed by atoms with Gasteiger partial charge in [0, 0.05) is 17.7 Å². The fraction of sp³-hybridized carbons (Fsp3) is 0.294. The fourth-order valence-corrected chi connectivity index (χ4v) is 3.33. The van der Waals surface area contributed by atoms with Gasteiger partial charge in [-0.15, -0.1) is 0 Å². The van der Waals surface area contributed by atoms with Crippen LogP contribution in [0.3, 0.4) is 0 Å². The van der Waals surface area contributed by atoms with Crippen molar-refractivity contribution < 1.29 is 29.2 Å². The maximum Gasteiger partial charge on any atom is 0.203 e. The topological polar surface area (TPSA) is 77.4 Å². The molecule has 2 atom stereocenters. The minimum Gasteiger partial charge on any atom is -0.508 e. The Morgan fingerprint density at radius 1 is 1.13 bits per heavy atom. The van der Waals surface area contributed by atoms with Crippen LogP contribution in [0.2, 0.25) is 0 Å². The van der Waals surface area contributed by atoms with Crippen molar-refractivity contribution in [2.45, 2.75) is 12.0 Å². The molecule has 0 aromatic heterocycles. The van der Waals surface area contributed by atoms with Crippen molar-refractivity contribution in [3.8, 4) is 34.5 Å². The quantitative estimate of drug-likeness (QED) is 0.887. The van der Waals surface area contributed by atoms with Gasteiger partial charge < -0.3 is 29.2 Å². The van der Waals surface area contributed by atoms with Crippen molar-refractivity contribution in [2.24, 2.45) is 0 Å². The van der Waals surface area contributed by atoms with Gasteiger partial charge in [-0.05, 0) is 12.1 Å². The Morgan fingerprint density at radius 2 is 1.96 bits per heavy atom. The number of aromatic hydroxyl groups is 2. The Labute approximate surface area is 132 Å². The third-order valence-electron chi connectivity index (χ3n) is 4.34. The predicted octanol–water partition coefficient (Wildman–Crippen LogP) is 2.72. The number of fused-ring (bicyclic) bond motifs is 5. The summed E-state index contributed by atoms with van der Waals surface area (Å²) in [5.41, 5.74) is 1.67. The number of phenolic OH excluding ortho intramolecular Hbond substituents is 2. The van der Waals surface area contributed by atoms with Crippen molar-refractivity contribution >= 4 is 0 Å². The molecule has 6 heteroatoms. The average molecular weight is 316 g/mol. The van der Waals surface area contributed by atoms with Crippen LogP contribution in [0.5, 0.6) is 34.5 Å². The first-order valence-electron chi connectivity index (χ1n) is 7.24. The molecule has 0 spiro atoms. The number of hydrogen-bond donors (Lipinski definition) is 2. The molecule has 0 radical (unpaired) electrons. The van der Waals surface area contributed by atoms with Crippen molar-refractivity contribution in [1.82, 2.24) is 0 Å². The summed E-state index contributed by atoms with van der Waals surface area (Å²) in [6.07, 6.45) is -0.279. The second-order valence-corrected chi connectivity index (χ2v) is 5.55. The van der Waals surface area contributed by atoms with E-state index in [0.29, 0.717) is 23.9 Å². The first-order chi connectivity index (χ1) is 11.1. The molecule has 4 rings (SSSR count). The van der Waals surface area contributed by atoms with Crippen molar-refractivity contribution in [2.75, 3.05) is 20.8 Å². The molecule has 0 aliphatic carbocycles. The van der Waals surface area contributed by atoms with Gasteiger partial charge in [0.2, 0.25) is 5.75 Å². The van der Waals surface area contributed by atoms with Crippen molar-refractivity contribution in [3.63, 3.8) is 0 Å². The zero-order valence-electron chi connectivity index (χ0n) is 12.7. The van der Waals surface area contributed by atoms with Crippen LogP contribution in [0, 0.1) is 0 Å². The monoisotopic (exact) mass is 316 g/mol. The van der Waals surface area contributed by atoms with Crippen molar-refractivity contribution in [1.29, 1.82) is 0 Å². The van der Waals surface area contributed by atoms with Gasteiger partial charge in [0.25, 0.3) is 0 Å². The normalized spacial score (nSPS) is 20.6. The van der Waals surface area contributed by atoms with E-state index in [4.69, 9.17) is 18.9 Å². The van der Waals surface area contributed by atoms with E-state index >= 15 is 0 Å². The average Bonchev–Trinajstić information content (AvgIpc) is 2.93. The van der Waals surface area contributed by atoms with Gasteiger partial charge in [-0.2, -0.15) is 0 Å². The standard InChI is InChI=1S/C17H16O6/c1-20-13-6-11(19)16(21-2)17-14(13)10-7-22-12-5-8(18)3-4-9(12)15(10)23-17/h3-6,10,15,18-19H,7H2,1-2H3. The molecule has 2 heterocycles. The summed E-state index contributed by atoms with van der Waals surface area (Å²) < 4.78 is 22.6. The van der Waals surface area contributed by atoms with Crippen LogP contribution in [-0.4, -0.2) is 31.0 Å². The third kappa shape index (κ3) is 1.87. The summed E-state index contributed by atoms with van der Waals surface area (Å²) in [6.45, 7) is 0.387. The Balaban J connectivity index is 1.88.